The number of phenols is 1. The number of hydrogen-bond donors (Lipinski definition) is 2. The molecule has 1 aromatic carbocycles. The van der Waals surface area contributed by atoms with Gasteiger partial charge in [-0.25, -0.2) is 0 Å². The molecule has 2 fully saturated rings. The quantitative estimate of drug-likeness (QED) is 0.184. The third-order valence-corrected chi connectivity index (χ3v) is 9.99. The van der Waals surface area contributed by atoms with Crippen LogP contribution in [0.1, 0.15) is 88.2 Å². The molecule has 0 bridgehead atoms. The van der Waals surface area contributed by atoms with Crippen LogP contribution in [-0.2, 0) is 6.42 Å². The average molecular weight is 551 g/mol. The number of alkyl halides is 7. The highest BCUT2D eigenvalue weighted by Crippen LogP contribution is 2.69. The molecule has 4 rings (SSSR count). The molecule has 2 N–H and O–H groups in total. The molecule has 6 unspecified atom stereocenters. The van der Waals surface area contributed by atoms with Crippen molar-refractivity contribution in [3.63, 3.8) is 0 Å². The maximum atomic E-state index is 13.6. The first-order valence-corrected chi connectivity index (χ1v) is 13.6. The number of aryl methyl sites for hydroxylation is 1. The largest absolute Gasteiger partial charge is 0.508 e. The number of rotatable bonds is 9. The van der Waals surface area contributed by atoms with Crippen molar-refractivity contribution < 1.29 is 40.9 Å². The number of aromatic hydroxyl groups is 1. The summed E-state index contributed by atoms with van der Waals surface area (Å²) >= 11 is 0. The van der Waals surface area contributed by atoms with Gasteiger partial charge in [-0.3, -0.25) is 0 Å². The Labute approximate surface area is 219 Å². The summed E-state index contributed by atoms with van der Waals surface area (Å²) in [5.74, 6) is -10.5. The normalized spacial score (nSPS) is 33.4. The van der Waals surface area contributed by atoms with Crippen LogP contribution in [0.4, 0.5) is 30.7 Å². The van der Waals surface area contributed by atoms with E-state index in [1.54, 1.807) is 12.1 Å². The van der Waals surface area contributed by atoms with Gasteiger partial charge in [-0.15, -0.1) is 6.58 Å². The van der Waals surface area contributed by atoms with Crippen LogP contribution in [0.25, 0.3) is 0 Å². The van der Waals surface area contributed by atoms with Crippen LogP contribution in [0.5, 0.6) is 5.75 Å². The van der Waals surface area contributed by atoms with Gasteiger partial charge < -0.3 is 10.2 Å². The van der Waals surface area contributed by atoms with E-state index in [4.69, 9.17) is 0 Å². The van der Waals surface area contributed by atoms with Gasteiger partial charge in [0.2, 0.25) is 0 Å². The number of aliphatic hydroxyl groups excluding tert-OH is 1. The minimum absolute atomic E-state index is 0.113. The zero-order chi connectivity index (χ0) is 28.1. The van der Waals surface area contributed by atoms with Crippen LogP contribution in [0.3, 0.4) is 0 Å². The topological polar surface area (TPSA) is 40.5 Å². The lowest BCUT2D eigenvalue weighted by molar-refractivity contribution is -0.355. The summed E-state index contributed by atoms with van der Waals surface area (Å²) in [6.45, 7) is 6.38. The summed E-state index contributed by atoms with van der Waals surface area (Å²) in [7, 11) is 0. The summed E-state index contributed by atoms with van der Waals surface area (Å²) in [4.78, 5) is 0. The molecule has 0 saturated heterocycles. The van der Waals surface area contributed by atoms with E-state index in [1.807, 2.05) is 6.07 Å². The molecular formula is C29H37F7O2. The van der Waals surface area contributed by atoms with Gasteiger partial charge in [0.1, 0.15) is 5.75 Å². The Kier molecular flexibility index (Phi) is 7.69. The number of allylic oxidation sites excluding steroid dienone is 1. The molecule has 0 heterocycles. The Hall–Kier alpha value is -1.77. The summed E-state index contributed by atoms with van der Waals surface area (Å²) < 4.78 is 90.7. The zero-order valence-corrected chi connectivity index (χ0v) is 21.6. The minimum Gasteiger partial charge on any atom is -0.508 e. The fraction of sp³-hybridized carbons (Fsp3) is 0.724. The molecule has 6 atom stereocenters. The molecule has 0 radical (unpaired) electrons. The number of fused-ring (bicyclic) bond motifs is 5. The maximum Gasteiger partial charge on any atom is 0.459 e. The Morgan fingerprint density at radius 3 is 2.37 bits per heavy atom. The second-order valence-electron chi connectivity index (χ2n) is 12.0. The number of halogens is 7. The molecule has 9 heteroatoms. The zero-order valence-electron chi connectivity index (χ0n) is 21.6. The van der Waals surface area contributed by atoms with E-state index in [2.05, 4.69) is 19.6 Å². The van der Waals surface area contributed by atoms with Gasteiger partial charge in [0.25, 0.3) is 0 Å². The minimum atomic E-state index is -6.29. The van der Waals surface area contributed by atoms with Gasteiger partial charge in [-0.1, -0.05) is 38.3 Å². The number of benzene rings is 1. The molecule has 3 aliphatic rings. The first-order valence-electron chi connectivity index (χ1n) is 13.6. The highest BCUT2D eigenvalue weighted by molar-refractivity contribution is 5.43. The molecule has 0 spiro atoms. The van der Waals surface area contributed by atoms with Crippen molar-refractivity contribution in [2.24, 2.45) is 22.7 Å². The molecule has 0 amide bonds. The van der Waals surface area contributed by atoms with Crippen LogP contribution < -0.4 is 0 Å². The molecule has 1 aromatic rings. The van der Waals surface area contributed by atoms with Crippen LogP contribution in [-0.4, -0.2) is 34.3 Å². The maximum absolute atomic E-state index is 13.6. The van der Waals surface area contributed by atoms with Gasteiger partial charge in [-0.2, -0.15) is 30.7 Å². The third-order valence-electron chi connectivity index (χ3n) is 9.99. The standard InChI is InChI=1S/C29H37F7O2/c1-3-26-15-13-18-16-20(37)9-10-21(18)24(26)19(17-25(2)22(26)11-12-23(25)38)8-6-4-5-7-14-27(30,31)28(32,33)29(34,35)36/h3,9-10,16,19,22-24,37-38H,1,4-8,11-15,17H2,2H3. The smallest absolute Gasteiger partial charge is 0.459 e. The van der Waals surface area contributed by atoms with E-state index < -0.39 is 37.0 Å². The Morgan fingerprint density at radius 1 is 1.03 bits per heavy atom. The molecular weight excluding hydrogens is 513 g/mol. The van der Waals surface area contributed by atoms with E-state index in [1.165, 1.54) is 0 Å². The summed E-state index contributed by atoms with van der Waals surface area (Å²) in [5.41, 5.74) is 1.73. The van der Waals surface area contributed by atoms with E-state index in [0.29, 0.717) is 19.3 Å². The van der Waals surface area contributed by atoms with Gasteiger partial charge in [0.15, 0.2) is 0 Å². The van der Waals surface area contributed by atoms with Crippen LogP contribution in [0.15, 0.2) is 30.9 Å². The number of phenolic OH excluding ortho intramolecular Hbond substituents is 1. The van der Waals surface area contributed by atoms with E-state index in [-0.39, 0.29) is 40.8 Å². The van der Waals surface area contributed by atoms with Crippen molar-refractivity contribution in [3.8, 4) is 5.75 Å². The van der Waals surface area contributed by atoms with Crippen molar-refractivity contribution >= 4 is 0 Å². The number of aliphatic hydroxyl groups is 1. The third kappa shape index (κ3) is 4.64. The van der Waals surface area contributed by atoms with E-state index in [9.17, 15) is 40.9 Å². The fourth-order valence-electron chi connectivity index (χ4n) is 8.16. The van der Waals surface area contributed by atoms with Gasteiger partial charge >= 0.3 is 18.0 Å². The summed E-state index contributed by atoms with van der Waals surface area (Å²) in [6, 6.07) is 5.45. The first kappa shape index (κ1) is 29.2. The van der Waals surface area contributed by atoms with Crippen molar-refractivity contribution in [3.05, 3.63) is 42.0 Å². The predicted molar refractivity (Wildman–Crippen MR) is 130 cm³/mol. The predicted octanol–water partition coefficient (Wildman–Crippen LogP) is 8.57. The molecule has 2 nitrogen and oxygen atoms in total. The number of hydrogen-bond acceptors (Lipinski definition) is 2. The lowest BCUT2D eigenvalue weighted by Crippen LogP contribution is -2.54. The van der Waals surface area contributed by atoms with Gasteiger partial charge in [0, 0.05) is 6.42 Å². The first-order chi connectivity index (χ1) is 17.6. The highest BCUT2D eigenvalue weighted by atomic mass is 19.4. The summed E-state index contributed by atoms with van der Waals surface area (Å²) in [5, 5.41) is 21.1. The van der Waals surface area contributed by atoms with Crippen LogP contribution in [0.2, 0.25) is 0 Å². The molecule has 0 aliphatic heterocycles. The SMILES string of the molecule is C=CC12CCc3cc(O)ccc3C1C(CCCCCCC(F)(F)C(F)(F)C(F)(F)F)CC1(C)C(O)CCC12. The second-order valence-corrected chi connectivity index (χ2v) is 12.0. The van der Waals surface area contributed by atoms with Crippen molar-refractivity contribution in [2.75, 3.05) is 0 Å². The average Bonchev–Trinajstić information content (AvgIpc) is 3.14. The second kappa shape index (κ2) is 10.0. The van der Waals surface area contributed by atoms with E-state index >= 15 is 0 Å². The van der Waals surface area contributed by atoms with Crippen LogP contribution >= 0.6 is 0 Å². The van der Waals surface area contributed by atoms with Crippen molar-refractivity contribution in [1.82, 2.24) is 0 Å². The van der Waals surface area contributed by atoms with E-state index in [0.717, 1.165) is 43.2 Å². The lowest BCUT2D eigenvalue weighted by atomic mass is 9.44. The monoisotopic (exact) mass is 550 g/mol. The lowest BCUT2D eigenvalue weighted by Gasteiger charge is -2.60. The Bertz CT molecular complexity index is 1020. The van der Waals surface area contributed by atoms with Gasteiger partial charge in [0.05, 0.1) is 6.10 Å². The molecule has 3 aliphatic carbocycles. The molecule has 2 saturated carbocycles. The van der Waals surface area contributed by atoms with Crippen molar-refractivity contribution in [2.45, 2.75) is 108 Å². The molecule has 0 aromatic heterocycles. The fourth-order valence-corrected chi connectivity index (χ4v) is 8.16. The Morgan fingerprint density at radius 2 is 1.71 bits per heavy atom. The van der Waals surface area contributed by atoms with Crippen molar-refractivity contribution in [1.29, 1.82) is 0 Å². The molecule has 214 valence electrons. The van der Waals surface area contributed by atoms with Gasteiger partial charge in [-0.05, 0) is 96.8 Å². The summed E-state index contributed by atoms with van der Waals surface area (Å²) in [6.07, 6.45) is -0.702. The molecule has 38 heavy (non-hydrogen) atoms. The van der Waals surface area contributed by atoms with Crippen LogP contribution in [0, 0.1) is 22.7 Å². The number of unbranched alkanes of at least 4 members (excludes halogenated alkanes) is 3. The Balaban J connectivity index is 1.47. The highest BCUT2D eigenvalue weighted by Gasteiger charge is 2.72.